The summed E-state index contributed by atoms with van der Waals surface area (Å²) in [7, 11) is 0. The van der Waals surface area contributed by atoms with Crippen molar-refractivity contribution in [1.82, 2.24) is 4.90 Å². The number of hydrogen-bond acceptors (Lipinski definition) is 2. The van der Waals surface area contributed by atoms with E-state index in [1.807, 2.05) is 0 Å². The molecule has 0 aromatic heterocycles. The third kappa shape index (κ3) is 1.93. The Morgan fingerprint density at radius 3 is 2.38 bits per heavy atom. The van der Waals surface area contributed by atoms with Gasteiger partial charge in [0.2, 0.25) is 5.91 Å². The first-order chi connectivity index (χ1) is 7.66. The Morgan fingerprint density at radius 2 is 1.88 bits per heavy atom. The van der Waals surface area contributed by atoms with Gasteiger partial charge in [0.25, 0.3) is 0 Å². The van der Waals surface area contributed by atoms with Crippen LogP contribution in [0.2, 0.25) is 0 Å². The summed E-state index contributed by atoms with van der Waals surface area (Å²) in [6, 6.07) is 0.226. The minimum absolute atomic E-state index is 0.0998. The van der Waals surface area contributed by atoms with Gasteiger partial charge in [0, 0.05) is 12.0 Å². The Balaban J connectivity index is 1.60. The molecule has 2 atom stereocenters. The first kappa shape index (κ1) is 10.1. The number of nitrogens with zero attached hydrogens (tertiary/aromatic N) is 1. The fraction of sp³-hybridized carbons (Fsp3) is 0.833. The minimum atomic E-state index is -0.885. The Hall–Kier alpha value is -1.06. The zero-order chi connectivity index (χ0) is 11.3. The highest BCUT2D eigenvalue weighted by atomic mass is 16.4. The molecule has 0 aromatic carbocycles. The summed E-state index contributed by atoms with van der Waals surface area (Å²) >= 11 is 0. The van der Waals surface area contributed by atoms with Crippen LogP contribution in [0, 0.1) is 17.8 Å². The normalized spacial score (nSPS) is 32.2. The number of amides is 1. The van der Waals surface area contributed by atoms with E-state index in [1.165, 1.54) is 12.8 Å². The van der Waals surface area contributed by atoms with Crippen LogP contribution in [0.1, 0.15) is 32.1 Å². The van der Waals surface area contributed by atoms with Crippen LogP contribution in [-0.2, 0) is 9.59 Å². The summed E-state index contributed by atoms with van der Waals surface area (Å²) in [4.78, 5) is 24.5. The van der Waals surface area contributed by atoms with Crippen LogP contribution in [0.15, 0.2) is 0 Å². The maximum absolute atomic E-state index is 12.1. The fourth-order valence-corrected chi connectivity index (χ4v) is 2.68. The molecule has 0 aliphatic heterocycles. The van der Waals surface area contributed by atoms with E-state index in [1.54, 1.807) is 4.90 Å². The van der Waals surface area contributed by atoms with E-state index in [4.69, 9.17) is 5.11 Å². The molecule has 4 heteroatoms. The summed E-state index contributed by atoms with van der Waals surface area (Å²) in [6.07, 6.45) is 5.53. The number of carboxylic acids is 1. The number of aliphatic carboxylic acids is 1. The standard InChI is InChI=1S/C12H17NO3/c14-11(15)6-13(8-3-4-8)12(16)10-5-9(10)7-1-2-7/h7-10H,1-6H2,(H,14,15)/t9-,10+/m1/s1. The second-order valence-electron chi connectivity index (χ2n) is 5.43. The monoisotopic (exact) mass is 223 g/mol. The van der Waals surface area contributed by atoms with Crippen molar-refractivity contribution >= 4 is 11.9 Å². The zero-order valence-electron chi connectivity index (χ0n) is 9.26. The number of carbonyl (C=O) groups excluding carboxylic acids is 1. The summed E-state index contributed by atoms with van der Waals surface area (Å²) in [6.45, 7) is -0.0998. The van der Waals surface area contributed by atoms with Crippen molar-refractivity contribution in [3.05, 3.63) is 0 Å². The van der Waals surface area contributed by atoms with Gasteiger partial charge in [-0.3, -0.25) is 9.59 Å². The Labute approximate surface area is 94.6 Å². The van der Waals surface area contributed by atoms with Crippen molar-refractivity contribution in [1.29, 1.82) is 0 Å². The van der Waals surface area contributed by atoms with Crippen molar-refractivity contribution < 1.29 is 14.7 Å². The molecule has 3 aliphatic rings. The van der Waals surface area contributed by atoms with Gasteiger partial charge in [-0.25, -0.2) is 0 Å². The molecule has 0 bridgehead atoms. The molecule has 0 spiro atoms. The van der Waals surface area contributed by atoms with Crippen molar-refractivity contribution in [2.24, 2.45) is 17.8 Å². The van der Waals surface area contributed by atoms with Crippen LogP contribution in [-0.4, -0.2) is 34.5 Å². The van der Waals surface area contributed by atoms with Crippen molar-refractivity contribution in [3.8, 4) is 0 Å². The highest BCUT2D eigenvalue weighted by molar-refractivity contribution is 5.85. The molecular formula is C12H17NO3. The van der Waals surface area contributed by atoms with Crippen molar-refractivity contribution in [2.45, 2.75) is 38.1 Å². The predicted molar refractivity (Wildman–Crippen MR) is 56.7 cm³/mol. The molecule has 0 saturated heterocycles. The molecular weight excluding hydrogens is 206 g/mol. The highest BCUT2D eigenvalue weighted by Crippen LogP contribution is 2.55. The summed E-state index contributed by atoms with van der Waals surface area (Å²) < 4.78 is 0. The van der Waals surface area contributed by atoms with E-state index < -0.39 is 5.97 Å². The third-order valence-electron chi connectivity index (χ3n) is 3.96. The average molecular weight is 223 g/mol. The summed E-state index contributed by atoms with van der Waals surface area (Å²) in [5.41, 5.74) is 0. The maximum Gasteiger partial charge on any atom is 0.323 e. The van der Waals surface area contributed by atoms with E-state index >= 15 is 0 Å². The smallest absolute Gasteiger partial charge is 0.323 e. The van der Waals surface area contributed by atoms with E-state index in [0.717, 1.165) is 25.2 Å². The molecule has 3 saturated carbocycles. The van der Waals surface area contributed by atoms with Crippen LogP contribution in [0.5, 0.6) is 0 Å². The van der Waals surface area contributed by atoms with E-state index in [0.29, 0.717) is 5.92 Å². The molecule has 0 aromatic rings. The average Bonchev–Trinajstić information content (AvgIpc) is 3.13. The maximum atomic E-state index is 12.1. The van der Waals surface area contributed by atoms with Gasteiger partial charge in [-0.05, 0) is 43.9 Å². The van der Waals surface area contributed by atoms with Crippen molar-refractivity contribution in [3.63, 3.8) is 0 Å². The highest BCUT2D eigenvalue weighted by Gasteiger charge is 2.53. The van der Waals surface area contributed by atoms with Crippen molar-refractivity contribution in [2.75, 3.05) is 6.54 Å². The van der Waals surface area contributed by atoms with Crippen LogP contribution in [0.25, 0.3) is 0 Å². The van der Waals surface area contributed by atoms with Gasteiger partial charge in [-0.2, -0.15) is 0 Å². The molecule has 3 aliphatic carbocycles. The molecule has 0 heterocycles. The molecule has 88 valence electrons. The summed E-state index contributed by atoms with van der Waals surface area (Å²) in [5.74, 6) is 0.750. The first-order valence-electron chi connectivity index (χ1n) is 6.19. The van der Waals surface area contributed by atoms with Crippen LogP contribution in [0.3, 0.4) is 0 Å². The van der Waals surface area contributed by atoms with Crippen LogP contribution in [0.4, 0.5) is 0 Å². The number of rotatable bonds is 5. The van der Waals surface area contributed by atoms with E-state index in [9.17, 15) is 9.59 Å². The predicted octanol–water partition coefficient (Wildman–Crippen LogP) is 1.11. The molecule has 1 N–H and O–H groups in total. The third-order valence-corrected chi connectivity index (χ3v) is 3.96. The zero-order valence-corrected chi connectivity index (χ0v) is 9.26. The quantitative estimate of drug-likeness (QED) is 0.759. The van der Waals surface area contributed by atoms with Crippen LogP contribution < -0.4 is 0 Å². The van der Waals surface area contributed by atoms with Gasteiger partial charge in [-0.15, -0.1) is 0 Å². The van der Waals surface area contributed by atoms with E-state index in [2.05, 4.69) is 0 Å². The number of carbonyl (C=O) groups is 2. The molecule has 0 radical (unpaired) electrons. The number of hydrogen-bond donors (Lipinski definition) is 1. The van der Waals surface area contributed by atoms with Gasteiger partial charge in [0.05, 0.1) is 0 Å². The molecule has 3 rings (SSSR count). The van der Waals surface area contributed by atoms with Gasteiger partial charge < -0.3 is 10.0 Å². The lowest BCUT2D eigenvalue weighted by atomic mass is 10.2. The number of carboxylic acid groups (broad SMARTS) is 1. The minimum Gasteiger partial charge on any atom is -0.480 e. The van der Waals surface area contributed by atoms with Gasteiger partial charge >= 0.3 is 5.97 Å². The molecule has 0 unspecified atom stereocenters. The lowest BCUT2D eigenvalue weighted by Crippen LogP contribution is -2.38. The Bertz CT molecular complexity index is 333. The molecule has 4 nitrogen and oxygen atoms in total. The van der Waals surface area contributed by atoms with E-state index in [-0.39, 0.29) is 24.4 Å². The van der Waals surface area contributed by atoms with Gasteiger partial charge in [0.1, 0.15) is 6.54 Å². The topological polar surface area (TPSA) is 57.6 Å². The lowest BCUT2D eigenvalue weighted by Gasteiger charge is -2.20. The lowest BCUT2D eigenvalue weighted by molar-refractivity contribution is -0.145. The second-order valence-corrected chi connectivity index (χ2v) is 5.43. The molecule has 1 amide bonds. The molecule has 3 fully saturated rings. The largest absolute Gasteiger partial charge is 0.480 e. The SMILES string of the molecule is O=C(O)CN(C(=O)[C@H]1C[C@@H]1C1CC1)C1CC1. The fourth-order valence-electron chi connectivity index (χ4n) is 2.68. The Kier molecular flexibility index (Phi) is 2.19. The second kappa shape index (κ2) is 3.47. The van der Waals surface area contributed by atoms with Gasteiger partial charge in [0.15, 0.2) is 0 Å². The Morgan fingerprint density at radius 1 is 1.19 bits per heavy atom. The summed E-state index contributed by atoms with van der Waals surface area (Å²) in [5, 5.41) is 8.81. The van der Waals surface area contributed by atoms with Gasteiger partial charge in [-0.1, -0.05) is 0 Å². The van der Waals surface area contributed by atoms with Crippen LogP contribution >= 0.6 is 0 Å². The molecule has 16 heavy (non-hydrogen) atoms. The first-order valence-corrected chi connectivity index (χ1v) is 6.19.